The van der Waals surface area contributed by atoms with E-state index in [4.69, 9.17) is 23.2 Å². The van der Waals surface area contributed by atoms with Crippen LogP contribution in [0.4, 0.5) is 0 Å². The minimum absolute atomic E-state index is 0.170. The van der Waals surface area contributed by atoms with Gasteiger partial charge in [0, 0.05) is 15.8 Å². The lowest BCUT2D eigenvalue weighted by molar-refractivity contribution is -0.108. The van der Waals surface area contributed by atoms with Gasteiger partial charge in [-0.1, -0.05) is 29.3 Å². The van der Waals surface area contributed by atoms with E-state index in [1.807, 2.05) is 18.2 Å². The number of hydrogen-bond donors (Lipinski definition) is 0. The molecule has 1 unspecified atom stereocenters. The van der Waals surface area contributed by atoms with E-state index >= 15 is 0 Å². The van der Waals surface area contributed by atoms with Gasteiger partial charge in [0.25, 0.3) is 0 Å². The van der Waals surface area contributed by atoms with E-state index in [1.54, 1.807) is 11.8 Å². The van der Waals surface area contributed by atoms with Crippen molar-refractivity contribution >= 4 is 46.3 Å². The maximum atomic E-state index is 10.6. The SMILES string of the molecule is O=CC1CSC(CCc2c(Cl)cccc2Cl)=N1. The Labute approximate surface area is 114 Å². The first-order valence-electron chi connectivity index (χ1n) is 5.28. The lowest BCUT2D eigenvalue weighted by atomic mass is 10.1. The second-order valence-corrected chi connectivity index (χ2v) is 5.65. The summed E-state index contributed by atoms with van der Waals surface area (Å²) in [5.74, 6) is 0.759. The molecule has 0 aromatic heterocycles. The second kappa shape index (κ2) is 5.89. The van der Waals surface area contributed by atoms with Gasteiger partial charge in [-0.25, -0.2) is 0 Å². The van der Waals surface area contributed by atoms with Crippen LogP contribution >= 0.6 is 35.0 Å². The molecule has 1 atom stereocenters. The number of carbonyl (C=O) groups excluding carboxylic acids is 1. The van der Waals surface area contributed by atoms with Crippen LogP contribution in [-0.4, -0.2) is 23.1 Å². The highest BCUT2D eigenvalue weighted by Crippen LogP contribution is 2.27. The zero-order valence-corrected chi connectivity index (χ0v) is 11.4. The van der Waals surface area contributed by atoms with Crippen molar-refractivity contribution in [1.82, 2.24) is 0 Å². The Kier molecular flexibility index (Phi) is 4.48. The van der Waals surface area contributed by atoms with Gasteiger partial charge < -0.3 is 4.79 Å². The molecule has 0 amide bonds. The number of carbonyl (C=O) groups is 1. The van der Waals surface area contributed by atoms with Crippen LogP contribution in [-0.2, 0) is 11.2 Å². The molecule has 2 nitrogen and oxygen atoms in total. The van der Waals surface area contributed by atoms with Gasteiger partial charge in [-0.2, -0.15) is 0 Å². The maximum absolute atomic E-state index is 10.6. The first-order chi connectivity index (χ1) is 8.20. The number of aldehydes is 1. The molecular formula is C12H11Cl2NOS. The maximum Gasteiger partial charge on any atom is 0.145 e. The fraction of sp³-hybridized carbons (Fsp3) is 0.333. The lowest BCUT2D eigenvalue weighted by Crippen LogP contribution is -2.03. The summed E-state index contributed by atoms with van der Waals surface area (Å²) in [6.45, 7) is 0. The number of halogens is 2. The van der Waals surface area contributed by atoms with Gasteiger partial charge in [-0.3, -0.25) is 4.99 Å². The van der Waals surface area contributed by atoms with Crippen molar-refractivity contribution in [1.29, 1.82) is 0 Å². The van der Waals surface area contributed by atoms with Gasteiger partial charge in [0.05, 0.1) is 5.04 Å². The molecule has 1 heterocycles. The van der Waals surface area contributed by atoms with E-state index in [1.165, 1.54) is 0 Å². The molecule has 5 heteroatoms. The zero-order chi connectivity index (χ0) is 12.3. The van der Waals surface area contributed by atoms with E-state index < -0.39 is 0 Å². The lowest BCUT2D eigenvalue weighted by Gasteiger charge is -2.06. The summed E-state index contributed by atoms with van der Waals surface area (Å²) in [5, 5.41) is 2.39. The van der Waals surface area contributed by atoms with Crippen molar-refractivity contribution in [3.8, 4) is 0 Å². The number of rotatable bonds is 4. The Hall–Kier alpha value is -0.510. The Morgan fingerprint density at radius 2 is 2.06 bits per heavy atom. The summed E-state index contributed by atoms with van der Waals surface area (Å²) >= 11 is 13.8. The first kappa shape index (κ1) is 12.9. The Morgan fingerprint density at radius 3 is 2.65 bits per heavy atom. The van der Waals surface area contributed by atoms with Crippen LogP contribution in [0.2, 0.25) is 10.0 Å². The third-order valence-electron chi connectivity index (χ3n) is 2.54. The van der Waals surface area contributed by atoms with Crippen LogP contribution in [0.3, 0.4) is 0 Å². The summed E-state index contributed by atoms with van der Waals surface area (Å²) in [6.07, 6.45) is 2.44. The molecule has 1 aromatic carbocycles. The largest absolute Gasteiger partial charge is 0.301 e. The number of aliphatic imine (C=N–C) groups is 1. The molecule has 0 radical (unpaired) electrons. The van der Waals surface area contributed by atoms with Crippen molar-refractivity contribution < 1.29 is 4.79 Å². The standard InChI is InChI=1S/C12H11Cl2NOS/c13-10-2-1-3-11(14)9(10)4-5-12-15-8(6-16)7-17-12/h1-3,6,8H,4-5,7H2. The summed E-state index contributed by atoms with van der Waals surface area (Å²) in [7, 11) is 0. The van der Waals surface area contributed by atoms with Crippen molar-refractivity contribution in [2.45, 2.75) is 18.9 Å². The average molecular weight is 288 g/mol. The van der Waals surface area contributed by atoms with Crippen LogP contribution in [0.5, 0.6) is 0 Å². The quantitative estimate of drug-likeness (QED) is 0.792. The molecule has 0 bridgehead atoms. The van der Waals surface area contributed by atoms with Gasteiger partial charge in [0.1, 0.15) is 12.3 Å². The Morgan fingerprint density at radius 1 is 1.35 bits per heavy atom. The minimum atomic E-state index is -0.170. The van der Waals surface area contributed by atoms with Crippen LogP contribution in [0.1, 0.15) is 12.0 Å². The summed E-state index contributed by atoms with van der Waals surface area (Å²) in [5.41, 5.74) is 0.952. The van der Waals surface area contributed by atoms with Gasteiger partial charge in [-0.15, -0.1) is 11.8 Å². The monoisotopic (exact) mass is 287 g/mol. The van der Waals surface area contributed by atoms with Crippen LogP contribution in [0.25, 0.3) is 0 Å². The molecule has 2 rings (SSSR count). The highest BCUT2D eigenvalue weighted by molar-refractivity contribution is 8.14. The third kappa shape index (κ3) is 3.24. The highest BCUT2D eigenvalue weighted by Gasteiger charge is 2.17. The zero-order valence-electron chi connectivity index (χ0n) is 9.03. The molecule has 1 aromatic rings. The van der Waals surface area contributed by atoms with E-state index in [2.05, 4.69) is 4.99 Å². The molecule has 1 aliphatic heterocycles. The number of thioether (sulfide) groups is 1. The molecule has 0 aliphatic carbocycles. The van der Waals surface area contributed by atoms with Crippen LogP contribution in [0.15, 0.2) is 23.2 Å². The number of benzene rings is 1. The molecule has 17 heavy (non-hydrogen) atoms. The van der Waals surface area contributed by atoms with E-state index in [9.17, 15) is 4.79 Å². The molecule has 0 N–H and O–H groups in total. The van der Waals surface area contributed by atoms with Crippen molar-refractivity contribution in [3.63, 3.8) is 0 Å². The predicted octanol–water partition coefficient (Wildman–Crippen LogP) is 3.64. The number of nitrogens with zero attached hydrogens (tertiary/aromatic N) is 1. The smallest absolute Gasteiger partial charge is 0.145 e. The van der Waals surface area contributed by atoms with E-state index in [-0.39, 0.29) is 6.04 Å². The molecule has 0 saturated heterocycles. The highest BCUT2D eigenvalue weighted by atomic mass is 35.5. The fourth-order valence-electron chi connectivity index (χ4n) is 1.65. The summed E-state index contributed by atoms with van der Waals surface area (Å²) in [6, 6.07) is 5.33. The van der Waals surface area contributed by atoms with Gasteiger partial charge in [0.2, 0.25) is 0 Å². The summed E-state index contributed by atoms with van der Waals surface area (Å²) < 4.78 is 0. The Balaban J connectivity index is 2.01. The van der Waals surface area contributed by atoms with Crippen molar-refractivity contribution in [2.24, 2.45) is 4.99 Å². The van der Waals surface area contributed by atoms with Crippen LogP contribution in [0, 0.1) is 0 Å². The van der Waals surface area contributed by atoms with Gasteiger partial charge in [0.15, 0.2) is 0 Å². The number of hydrogen-bond acceptors (Lipinski definition) is 3. The molecule has 1 aliphatic rings. The van der Waals surface area contributed by atoms with Crippen molar-refractivity contribution in [3.05, 3.63) is 33.8 Å². The minimum Gasteiger partial charge on any atom is -0.301 e. The second-order valence-electron chi connectivity index (χ2n) is 3.74. The normalized spacial score (nSPS) is 19.2. The molecule has 0 spiro atoms. The fourth-order valence-corrected chi connectivity index (χ4v) is 3.21. The predicted molar refractivity (Wildman–Crippen MR) is 74.5 cm³/mol. The molecule has 0 saturated carbocycles. The van der Waals surface area contributed by atoms with Crippen molar-refractivity contribution in [2.75, 3.05) is 5.75 Å². The topological polar surface area (TPSA) is 29.4 Å². The summed E-state index contributed by atoms with van der Waals surface area (Å²) in [4.78, 5) is 14.9. The molecule has 90 valence electrons. The first-order valence-corrected chi connectivity index (χ1v) is 7.02. The average Bonchev–Trinajstić information content (AvgIpc) is 2.76. The van der Waals surface area contributed by atoms with Gasteiger partial charge >= 0.3 is 0 Å². The van der Waals surface area contributed by atoms with E-state index in [0.29, 0.717) is 10.0 Å². The third-order valence-corrected chi connectivity index (χ3v) is 4.40. The van der Waals surface area contributed by atoms with E-state index in [0.717, 1.165) is 35.5 Å². The van der Waals surface area contributed by atoms with Gasteiger partial charge in [-0.05, 0) is 30.5 Å². The van der Waals surface area contributed by atoms with Crippen LogP contribution < -0.4 is 0 Å². The molecule has 0 fully saturated rings. The molecular weight excluding hydrogens is 277 g/mol. The Bertz CT molecular complexity index is 442.